The number of unbranched alkanes of at least 4 members (excludes halogenated alkanes) is 2. The molecule has 27 heavy (non-hydrogen) atoms. The third-order valence-corrected chi connectivity index (χ3v) is 4.94. The van der Waals surface area contributed by atoms with Crippen molar-refractivity contribution in [3.05, 3.63) is 53.1 Å². The van der Waals surface area contributed by atoms with Crippen LogP contribution in [0, 0.1) is 0 Å². The van der Waals surface area contributed by atoms with Gasteiger partial charge in [0.15, 0.2) is 5.13 Å². The van der Waals surface area contributed by atoms with Gasteiger partial charge in [0.1, 0.15) is 5.15 Å². The number of rotatable bonds is 8. The van der Waals surface area contributed by atoms with Crippen LogP contribution in [0.1, 0.15) is 32.6 Å². The van der Waals surface area contributed by atoms with Crippen LogP contribution in [0.2, 0.25) is 5.15 Å². The van der Waals surface area contributed by atoms with E-state index in [2.05, 4.69) is 27.5 Å². The standard InChI is InChI=1S/C20H21ClN4OS/c1-2-3-4-5-19(26)23-15-8-6-14(7-9-15)17-13-27-20(25-17)24-16-10-11-18(21)22-12-16/h6-13H,2-5H2,1H3,(H,23,26)(H,24,25). The largest absolute Gasteiger partial charge is 0.330 e. The molecule has 0 aliphatic rings. The number of anilines is 3. The molecule has 0 saturated carbocycles. The molecule has 1 aromatic carbocycles. The fourth-order valence-electron chi connectivity index (χ4n) is 2.52. The van der Waals surface area contributed by atoms with Crippen molar-refractivity contribution in [3.8, 4) is 11.3 Å². The molecule has 0 unspecified atom stereocenters. The first-order valence-corrected chi connectivity index (χ1v) is 10.1. The van der Waals surface area contributed by atoms with E-state index >= 15 is 0 Å². The van der Waals surface area contributed by atoms with E-state index in [1.165, 1.54) is 11.3 Å². The van der Waals surface area contributed by atoms with Gasteiger partial charge in [-0.2, -0.15) is 0 Å². The Bertz CT molecular complexity index is 878. The van der Waals surface area contributed by atoms with Crippen LogP contribution in [-0.2, 0) is 4.79 Å². The van der Waals surface area contributed by atoms with Gasteiger partial charge in [0.05, 0.1) is 17.6 Å². The van der Waals surface area contributed by atoms with Crippen molar-refractivity contribution in [2.45, 2.75) is 32.6 Å². The van der Waals surface area contributed by atoms with E-state index in [0.717, 1.165) is 47.0 Å². The number of halogens is 1. The van der Waals surface area contributed by atoms with E-state index < -0.39 is 0 Å². The van der Waals surface area contributed by atoms with Crippen molar-refractivity contribution in [1.82, 2.24) is 9.97 Å². The number of benzene rings is 1. The Morgan fingerprint density at radius 3 is 2.59 bits per heavy atom. The van der Waals surface area contributed by atoms with Gasteiger partial charge < -0.3 is 10.6 Å². The molecule has 3 rings (SSSR count). The zero-order valence-corrected chi connectivity index (χ0v) is 16.6. The minimum absolute atomic E-state index is 0.0629. The fourth-order valence-corrected chi connectivity index (χ4v) is 3.37. The van der Waals surface area contributed by atoms with Crippen LogP contribution in [0.25, 0.3) is 11.3 Å². The first kappa shape index (κ1) is 19.3. The van der Waals surface area contributed by atoms with Crippen LogP contribution in [0.15, 0.2) is 48.0 Å². The van der Waals surface area contributed by atoms with Gasteiger partial charge in [0.2, 0.25) is 5.91 Å². The summed E-state index contributed by atoms with van der Waals surface area (Å²) in [6.45, 7) is 2.13. The number of carbonyl (C=O) groups is 1. The van der Waals surface area contributed by atoms with Crippen LogP contribution < -0.4 is 10.6 Å². The smallest absolute Gasteiger partial charge is 0.224 e. The summed E-state index contributed by atoms with van der Waals surface area (Å²) in [4.78, 5) is 20.5. The first-order chi connectivity index (χ1) is 13.1. The molecular formula is C20H21ClN4OS. The second-order valence-electron chi connectivity index (χ2n) is 6.12. The molecule has 0 spiro atoms. The molecule has 3 aromatic rings. The molecule has 0 bridgehead atoms. The minimum Gasteiger partial charge on any atom is -0.330 e. The summed E-state index contributed by atoms with van der Waals surface area (Å²) in [5, 5.41) is 9.37. The van der Waals surface area contributed by atoms with Gasteiger partial charge in [-0.05, 0) is 30.7 Å². The molecule has 140 valence electrons. The lowest BCUT2D eigenvalue weighted by Crippen LogP contribution is -2.10. The summed E-state index contributed by atoms with van der Waals surface area (Å²) in [6.07, 6.45) is 5.36. The molecule has 0 aliphatic carbocycles. The van der Waals surface area contributed by atoms with Crippen molar-refractivity contribution in [2.75, 3.05) is 10.6 Å². The minimum atomic E-state index is 0.0629. The predicted molar refractivity (Wildman–Crippen MR) is 113 cm³/mol. The van der Waals surface area contributed by atoms with Gasteiger partial charge in [0.25, 0.3) is 0 Å². The lowest BCUT2D eigenvalue weighted by atomic mass is 10.1. The number of aromatic nitrogens is 2. The monoisotopic (exact) mass is 400 g/mol. The zero-order chi connectivity index (χ0) is 19.1. The number of nitrogens with one attached hydrogen (secondary N) is 2. The maximum Gasteiger partial charge on any atom is 0.224 e. The number of amides is 1. The molecule has 2 aromatic heterocycles. The molecule has 0 radical (unpaired) electrons. The van der Waals surface area contributed by atoms with E-state index in [1.807, 2.05) is 35.7 Å². The highest BCUT2D eigenvalue weighted by molar-refractivity contribution is 7.14. The van der Waals surface area contributed by atoms with Crippen molar-refractivity contribution in [1.29, 1.82) is 0 Å². The van der Waals surface area contributed by atoms with Crippen LogP contribution in [0.3, 0.4) is 0 Å². The first-order valence-electron chi connectivity index (χ1n) is 8.88. The quantitative estimate of drug-likeness (QED) is 0.353. The third-order valence-electron chi connectivity index (χ3n) is 3.95. The second-order valence-corrected chi connectivity index (χ2v) is 7.36. The Morgan fingerprint density at radius 1 is 1.11 bits per heavy atom. The third kappa shape index (κ3) is 5.77. The molecule has 1 amide bonds. The topological polar surface area (TPSA) is 66.9 Å². The lowest BCUT2D eigenvalue weighted by molar-refractivity contribution is -0.116. The van der Waals surface area contributed by atoms with Gasteiger partial charge in [-0.1, -0.05) is 43.5 Å². The molecule has 2 heterocycles. The zero-order valence-electron chi connectivity index (χ0n) is 15.0. The molecule has 0 saturated heterocycles. The highest BCUT2D eigenvalue weighted by Crippen LogP contribution is 2.28. The molecule has 0 fully saturated rings. The van der Waals surface area contributed by atoms with Gasteiger partial charge in [-0.25, -0.2) is 9.97 Å². The Hall–Kier alpha value is -2.44. The van der Waals surface area contributed by atoms with Crippen molar-refractivity contribution >= 4 is 45.4 Å². The molecule has 2 N–H and O–H groups in total. The Labute approximate surface area is 167 Å². The number of carbonyl (C=O) groups excluding carboxylic acids is 1. The SMILES string of the molecule is CCCCCC(=O)Nc1ccc(-c2csc(Nc3ccc(Cl)nc3)n2)cc1. The Morgan fingerprint density at radius 2 is 1.89 bits per heavy atom. The normalized spacial score (nSPS) is 10.6. The van der Waals surface area contributed by atoms with E-state index in [4.69, 9.17) is 11.6 Å². The highest BCUT2D eigenvalue weighted by atomic mass is 35.5. The van der Waals surface area contributed by atoms with Gasteiger partial charge in [-0.3, -0.25) is 4.79 Å². The predicted octanol–water partition coefficient (Wildman–Crippen LogP) is 6.12. The Balaban J connectivity index is 1.59. The summed E-state index contributed by atoms with van der Waals surface area (Å²) in [5.74, 6) is 0.0629. The van der Waals surface area contributed by atoms with Crippen LogP contribution >= 0.6 is 22.9 Å². The number of hydrogen-bond donors (Lipinski definition) is 2. The maximum atomic E-state index is 11.9. The molecular weight excluding hydrogens is 380 g/mol. The summed E-state index contributed by atoms with van der Waals surface area (Å²) in [5.41, 5.74) is 3.52. The summed E-state index contributed by atoms with van der Waals surface area (Å²) in [6, 6.07) is 11.3. The van der Waals surface area contributed by atoms with E-state index in [-0.39, 0.29) is 5.91 Å². The maximum absolute atomic E-state index is 11.9. The fraction of sp³-hybridized carbons (Fsp3) is 0.250. The van der Waals surface area contributed by atoms with Crippen molar-refractivity contribution in [3.63, 3.8) is 0 Å². The van der Waals surface area contributed by atoms with E-state index in [0.29, 0.717) is 11.6 Å². The lowest BCUT2D eigenvalue weighted by Gasteiger charge is -2.06. The average molecular weight is 401 g/mol. The number of pyridine rings is 1. The number of thiazole rings is 1. The van der Waals surface area contributed by atoms with Gasteiger partial charge in [0, 0.05) is 23.1 Å². The summed E-state index contributed by atoms with van der Waals surface area (Å²) < 4.78 is 0. The number of nitrogens with zero attached hydrogens (tertiary/aromatic N) is 2. The summed E-state index contributed by atoms with van der Waals surface area (Å²) in [7, 11) is 0. The van der Waals surface area contributed by atoms with Crippen LogP contribution in [0.5, 0.6) is 0 Å². The van der Waals surface area contributed by atoms with Gasteiger partial charge in [-0.15, -0.1) is 11.3 Å². The Kier molecular flexibility index (Phi) is 6.79. The van der Waals surface area contributed by atoms with Crippen molar-refractivity contribution < 1.29 is 4.79 Å². The van der Waals surface area contributed by atoms with Crippen molar-refractivity contribution in [2.24, 2.45) is 0 Å². The number of hydrogen-bond acceptors (Lipinski definition) is 5. The molecule has 7 heteroatoms. The van der Waals surface area contributed by atoms with Gasteiger partial charge >= 0.3 is 0 Å². The summed E-state index contributed by atoms with van der Waals surface area (Å²) >= 11 is 7.31. The van der Waals surface area contributed by atoms with E-state index in [1.54, 1.807) is 12.3 Å². The van der Waals surface area contributed by atoms with Crippen LogP contribution in [-0.4, -0.2) is 15.9 Å². The average Bonchev–Trinajstić information content (AvgIpc) is 3.13. The second kappa shape index (κ2) is 9.48. The van der Waals surface area contributed by atoms with Crippen LogP contribution in [0.4, 0.5) is 16.5 Å². The molecule has 0 aliphatic heterocycles. The highest BCUT2D eigenvalue weighted by Gasteiger charge is 2.07. The molecule has 5 nitrogen and oxygen atoms in total. The molecule has 0 atom stereocenters. The van der Waals surface area contributed by atoms with E-state index in [9.17, 15) is 4.79 Å².